The second-order valence-corrected chi connectivity index (χ2v) is 7.26. The maximum Gasteiger partial charge on any atom is 0.338 e. The lowest BCUT2D eigenvalue weighted by Gasteiger charge is -2.31. The highest BCUT2D eigenvalue weighted by atomic mass is 16.6. The molecule has 5 atom stereocenters. The van der Waals surface area contributed by atoms with E-state index in [-0.39, 0.29) is 19.1 Å². The third-order valence-corrected chi connectivity index (χ3v) is 5.60. The molecule has 3 aliphatic rings. The van der Waals surface area contributed by atoms with Crippen LogP contribution >= 0.6 is 0 Å². The number of carbonyl (C=O) groups is 2. The van der Waals surface area contributed by atoms with Crippen LogP contribution in [0.2, 0.25) is 0 Å². The third-order valence-electron chi connectivity index (χ3n) is 5.60. The summed E-state index contributed by atoms with van der Waals surface area (Å²) in [6.07, 6.45) is 2.25. The van der Waals surface area contributed by atoms with Crippen molar-refractivity contribution in [3.8, 4) is 0 Å². The van der Waals surface area contributed by atoms with E-state index in [1.807, 2.05) is 11.0 Å². The highest BCUT2D eigenvalue weighted by Gasteiger charge is 2.49. The Balaban J connectivity index is 1.94. The molecule has 0 unspecified atom stereocenters. The van der Waals surface area contributed by atoms with E-state index >= 15 is 0 Å². The molecule has 7 nitrogen and oxygen atoms in total. The van der Waals surface area contributed by atoms with Crippen LogP contribution in [0.4, 0.5) is 0 Å². The van der Waals surface area contributed by atoms with Crippen molar-refractivity contribution >= 4 is 11.9 Å². The number of ether oxygens (including phenoxy) is 2. The Morgan fingerprint density at radius 1 is 1.40 bits per heavy atom. The van der Waals surface area contributed by atoms with E-state index < -0.39 is 35.7 Å². The Hall–Kier alpha value is -1.70. The fourth-order valence-electron chi connectivity index (χ4n) is 3.70. The Kier molecular flexibility index (Phi) is 4.74. The summed E-state index contributed by atoms with van der Waals surface area (Å²) in [4.78, 5) is 26.9. The van der Waals surface area contributed by atoms with Gasteiger partial charge in [0, 0.05) is 18.7 Å². The van der Waals surface area contributed by atoms with Gasteiger partial charge in [0.25, 0.3) is 0 Å². The number of rotatable bonds is 0. The largest absolute Gasteiger partial charge is 0.459 e. The molecule has 2 saturated heterocycles. The smallest absolute Gasteiger partial charge is 0.338 e. The van der Waals surface area contributed by atoms with Crippen LogP contribution in [0.3, 0.4) is 0 Å². The van der Waals surface area contributed by atoms with E-state index in [0.29, 0.717) is 18.7 Å². The summed E-state index contributed by atoms with van der Waals surface area (Å²) in [6, 6.07) is -0.299. The quantitative estimate of drug-likeness (QED) is 0.365. The van der Waals surface area contributed by atoms with E-state index in [9.17, 15) is 19.8 Å². The molecular formula is C18H25NO6. The van der Waals surface area contributed by atoms with Crippen LogP contribution < -0.4 is 0 Å². The minimum Gasteiger partial charge on any atom is -0.459 e. The first-order valence-electron chi connectivity index (χ1n) is 8.62. The summed E-state index contributed by atoms with van der Waals surface area (Å²) in [6.45, 7) is 5.82. The Morgan fingerprint density at radius 3 is 2.80 bits per heavy atom. The lowest BCUT2D eigenvalue weighted by molar-refractivity contribution is -0.169. The van der Waals surface area contributed by atoms with Crippen LogP contribution in [0, 0.1) is 5.92 Å². The predicted molar refractivity (Wildman–Crippen MR) is 88.5 cm³/mol. The van der Waals surface area contributed by atoms with Gasteiger partial charge in [0.1, 0.15) is 18.8 Å². The molecule has 7 heteroatoms. The fourth-order valence-corrected chi connectivity index (χ4v) is 3.70. The van der Waals surface area contributed by atoms with Gasteiger partial charge < -0.3 is 19.7 Å². The predicted octanol–water partition coefficient (Wildman–Crippen LogP) is 0.164. The molecule has 0 aliphatic carbocycles. The second kappa shape index (κ2) is 6.55. The van der Waals surface area contributed by atoms with Gasteiger partial charge in [-0.05, 0) is 31.8 Å². The number of cyclic esters (lactones) is 1. The first kappa shape index (κ1) is 18.1. The van der Waals surface area contributed by atoms with E-state index in [4.69, 9.17) is 9.47 Å². The molecule has 0 amide bonds. The maximum atomic E-state index is 12.6. The number of hydrogen-bond donors (Lipinski definition) is 2. The van der Waals surface area contributed by atoms with Gasteiger partial charge in [-0.1, -0.05) is 19.1 Å². The zero-order valence-electron chi connectivity index (χ0n) is 14.8. The molecule has 0 spiro atoms. The van der Waals surface area contributed by atoms with Crippen molar-refractivity contribution in [2.24, 2.45) is 5.92 Å². The summed E-state index contributed by atoms with van der Waals surface area (Å²) in [5.74, 6) is -1.76. The molecule has 0 bridgehead atoms. The van der Waals surface area contributed by atoms with Crippen molar-refractivity contribution in [2.75, 3.05) is 19.7 Å². The summed E-state index contributed by atoms with van der Waals surface area (Å²) in [5.41, 5.74) is -0.551. The molecule has 2 N–H and O–H groups in total. The molecule has 25 heavy (non-hydrogen) atoms. The van der Waals surface area contributed by atoms with Crippen molar-refractivity contribution in [1.29, 1.82) is 0 Å². The van der Waals surface area contributed by atoms with E-state index in [0.717, 1.165) is 5.57 Å². The molecule has 0 saturated carbocycles. The molecule has 138 valence electrons. The highest BCUT2D eigenvalue weighted by molar-refractivity contribution is 5.89. The average molecular weight is 351 g/mol. The van der Waals surface area contributed by atoms with Gasteiger partial charge in [0.05, 0.1) is 6.04 Å². The molecular weight excluding hydrogens is 326 g/mol. The minimum atomic E-state index is -1.71. The Morgan fingerprint density at radius 2 is 2.12 bits per heavy atom. The third kappa shape index (κ3) is 3.12. The van der Waals surface area contributed by atoms with Crippen LogP contribution in [0.15, 0.2) is 23.3 Å². The number of aliphatic hydroxyl groups excluding tert-OH is 1. The van der Waals surface area contributed by atoms with Crippen LogP contribution in [0.1, 0.15) is 27.2 Å². The lowest BCUT2D eigenvalue weighted by Crippen LogP contribution is -2.45. The number of aliphatic hydroxyl groups is 2. The monoisotopic (exact) mass is 351 g/mol. The van der Waals surface area contributed by atoms with E-state index in [1.54, 1.807) is 19.9 Å². The normalized spacial score (nSPS) is 41.5. The van der Waals surface area contributed by atoms with Crippen LogP contribution in [0.5, 0.6) is 0 Å². The zero-order valence-corrected chi connectivity index (χ0v) is 14.8. The van der Waals surface area contributed by atoms with Crippen molar-refractivity contribution in [3.05, 3.63) is 23.3 Å². The van der Waals surface area contributed by atoms with Gasteiger partial charge in [-0.3, -0.25) is 4.90 Å². The molecule has 0 aromatic heterocycles. The van der Waals surface area contributed by atoms with E-state index in [2.05, 4.69) is 0 Å². The van der Waals surface area contributed by atoms with Gasteiger partial charge in [-0.15, -0.1) is 0 Å². The summed E-state index contributed by atoms with van der Waals surface area (Å²) in [5, 5.41) is 20.9. The van der Waals surface area contributed by atoms with Crippen LogP contribution in [-0.2, 0) is 19.1 Å². The van der Waals surface area contributed by atoms with Gasteiger partial charge in [0.2, 0.25) is 0 Å². The van der Waals surface area contributed by atoms with Crippen molar-refractivity contribution in [2.45, 2.75) is 51.0 Å². The zero-order chi connectivity index (χ0) is 18.4. The number of hydrogen-bond acceptors (Lipinski definition) is 7. The Bertz CT molecular complexity index is 637. The highest BCUT2D eigenvalue weighted by Crippen LogP contribution is 2.34. The topological polar surface area (TPSA) is 96.3 Å². The molecule has 3 rings (SSSR count). The molecule has 3 aliphatic heterocycles. The molecule has 2 fully saturated rings. The first-order chi connectivity index (χ1) is 11.8. The number of carbonyl (C=O) groups excluding carboxylic acids is 2. The summed E-state index contributed by atoms with van der Waals surface area (Å²) in [7, 11) is 0. The van der Waals surface area contributed by atoms with Gasteiger partial charge in [-0.25, -0.2) is 9.59 Å². The molecule has 0 aromatic rings. The number of nitrogens with zero attached hydrogens (tertiary/aromatic N) is 1. The molecule has 0 aromatic carbocycles. The minimum absolute atomic E-state index is 0.0140. The second-order valence-electron chi connectivity index (χ2n) is 7.26. The first-order valence-corrected chi connectivity index (χ1v) is 8.62. The lowest BCUT2D eigenvalue weighted by atomic mass is 9.85. The SMILES string of the molecule is C/C=C1\C[C@H](C)[C@@](C)(O)C(=O)OCC2=CCN3C[C@@H](O)[C@@H](OC1=O)[C@@H]23. The van der Waals surface area contributed by atoms with E-state index in [1.165, 1.54) is 6.92 Å². The van der Waals surface area contributed by atoms with Gasteiger partial charge in [-0.2, -0.15) is 0 Å². The number of esters is 2. The summed E-state index contributed by atoms with van der Waals surface area (Å²) < 4.78 is 11.0. The summed E-state index contributed by atoms with van der Waals surface area (Å²) >= 11 is 0. The fraction of sp³-hybridized carbons (Fsp3) is 0.667. The van der Waals surface area contributed by atoms with Crippen molar-refractivity contribution < 1.29 is 29.3 Å². The van der Waals surface area contributed by atoms with Crippen molar-refractivity contribution in [1.82, 2.24) is 4.90 Å². The van der Waals surface area contributed by atoms with Gasteiger partial charge >= 0.3 is 11.9 Å². The average Bonchev–Trinajstić information content (AvgIpc) is 3.08. The van der Waals surface area contributed by atoms with Crippen LogP contribution in [0.25, 0.3) is 0 Å². The number of allylic oxidation sites excluding steroid dienone is 1. The molecule has 0 radical (unpaired) electrons. The van der Waals surface area contributed by atoms with Crippen LogP contribution in [-0.4, -0.2) is 70.6 Å². The van der Waals surface area contributed by atoms with Gasteiger partial charge in [0.15, 0.2) is 5.60 Å². The Labute approximate surface area is 146 Å². The standard InChI is InChI=1S/C18H25NO6/c1-4-11-7-10(2)18(3,23)17(22)24-9-12-5-6-19-8-13(20)15(14(12)19)25-16(11)21/h4-5,10,13-15,20,23H,6-9H2,1-3H3/b11-4+/t10-,13+,14+,15+,18+/m0/s1. The van der Waals surface area contributed by atoms with Crippen molar-refractivity contribution in [3.63, 3.8) is 0 Å². The molecule has 3 heterocycles. The maximum absolute atomic E-state index is 12.6.